The van der Waals surface area contributed by atoms with Gasteiger partial charge in [-0.25, -0.2) is 0 Å². The molecule has 0 amide bonds. The van der Waals surface area contributed by atoms with Gasteiger partial charge in [-0.15, -0.1) is 0 Å². The molecule has 0 rings (SSSR count). The third-order valence-corrected chi connectivity index (χ3v) is 2.26. The molecule has 0 aliphatic rings. The SMILES string of the molecule is CCC(C)C(C(=O)O)C(O)CC#N. The molecule has 0 spiro atoms. The molecule has 0 aliphatic heterocycles. The molecule has 0 saturated carbocycles. The molecule has 3 atom stereocenters. The second kappa shape index (κ2) is 5.55. The van der Waals surface area contributed by atoms with Crippen LogP contribution in [0.5, 0.6) is 0 Å². The van der Waals surface area contributed by atoms with Crippen molar-refractivity contribution in [3.63, 3.8) is 0 Å². The molecule has 4 nitrogen and oxygen atoms in total. The minimum atomic E-state index is -1.06. The van der Waals surface area contributed by atoms with E-state index in [0.29, 0.717) is 6.42 Å². The Morgan fingerprint density at radius 1 is 1.62 bits per heavy atom. The van der Waals surface area contributed by atoms with Gasteiger partial charge in [0.15, 0.2) is 0 Å². The molecule has 0 radical (unpaired) electrons. The fourth-order valence-electron chi connectivity index (χ4n) is 1.26. The van der Waals surface area contributed by atoms with Crippen LogP contribution in [0.2, 0.25) is 0 Å². The van der Waals surface area contributed by atoms with Crippen molar-refractivity contribution in [1.29, 1.82) is 5.26 Å². The molecule has 74 valence electrons. The van der Waals surface area contributed by atoms with Crippen LogP contribution in [0.3, 0.4) is 0 Å². The Kier molecular flexibility index (Phi) is 5.09. The molecular formula is C9H15NO3. The van der Waals surface area contributed by atoms with Crippen molar-refractivity contribution >= 4 is 5.97 Å². The number of aliphatic carboxylic acids is 1. The van der Waals surface area contributed by atoms with Gasteiger partial charge in [-0.2, -0.15) is 5.26 Å². The molecular weight excluding hydrogens is 170 g/mol. The van der Waals surface area contributed by atoms with E-state index in [1.165, 1.54) is 0 Å². The summed E-state index contributed by atoms with van der Waals surface area (Å²) in [7, 11) is 0. The monoisotopic (exact) mass is 185 g/mol. The lowest BCUT2D eigenvalue weighted by Crippen LogP contribution is -2.33. The van der Waals surface area contributed by atoms with E-state index in [2.05, 4.69) is 0 Å². The van der Waals surface area contributed by atoms with Crippen molar-refractivity contribution in [3.05, 3.63) is 0 Å². The minimum Gasteiger partial charge on any atom is -0.481 e. The minimum absolute atomic E-state index is 0.110. The fraction of sp³-hybridized carbons (Fsp3) is 0.778. The van der Waals surface area contributed by atoms with Crippen LogP contribution in [0.25, 0.3) is 0 Å². The van der Waals surface area contributed by atoms with E-state index >= 15 is 0 Å². The summed E-state index contributed by atoms with van der Waals surface area (Å²) in [5.41, 5.74) is 0. The molecule has 0 aromatic heterocycles. The number of aliphatic hydroxyl groups excluding tert-OH is 1. The van der Waals surface area contributed by atoms with Gasteiger partial charge in [-0.3, -0.25) is 4.79 Å². The van der Waals surface area contributed by atoms with Crippen LogP contribution >= 0.6 is 0 Å². The highest BCUT2D eigenvalue weighted by Crippen LogP contribution is 2.21. The van der Waals surface area contributed by atoms with E-state index < -0.39 is 18.0 Å². The second-order valence-electron chi connectivity index (χ2n) is 3.18. The number of carboxylic acids is 1. The summed E-state index contributed by atoms with van der Waals surface area (Å²) >= 11 is 0. The number of nitriles is 1. The van der Waals surface area contributed by atoms with Gasteiger partial charge < -0.3 is 10.2 Å². The fourth-order valence-corrected chi connectivity index (χ4v) is 1.26. The second-order valence-corrected chi connectivity index (χ2v) is 3.18. The van der Waals surface area contributed by atoms with E-state index in [4.69, 9.17) is 10.4 Å². The van der Waals surface area contributed by atoms with E-state index in [9.17, 15) is 9.90 Å². The highest BCUT2D eigenvalue weighted by Gasteiger charge is 2.30. The number of carbonyl (C=O) groups is 1. The van der Waals surface area contributed by atoms with Crippen molar-refractivity contribution in [2.45, 2.75) is 32.8 Å². The summed E-state index contributed by atoms with van der Waals surface area (Å²) in [4.78, 5) is 10.7. The Labute approximate surface area is 77.8 Å². The van der Waals surface area contributed by atoms with Crippen LogP contribution in [0.15, 0.2) is 0 Å². The number of aliphatic hydroxyl groups is 1. The zero-order valence-corrected chi connectivity index (χ0v) is 7.90. The molecule has 0 aromatic carbocycles. The maximum absolute atomic E-state index is 10.7. The number of hydrogen-bond donors (Lipinski definition) is 2. The highest BCUT2D eigenvalue weighted by atomic mass is 16.4. The van der Waals surface area contributed by atoms with Gasteiger partial charge >= 0.3 is 5.97 Å². The Hall–Kier alpha value is -1.08. The number of nitrogens with zero attached hydrogens (tertiary/aromatic N) is 1. The number of hydrogen-bond acceptors (Lipinski definition) is 3. The largest absolute Gasteiger partial charge is 0.481 e. The summed E-state index contributed by atoms with van der Waals surface area (Å²) in [6.45, 7) is 3.62. The maximum Gasteiger partial charge on any atom is 0.309 e. The average Bonchev–Trinajstić information content (AvgIpc) is 2.04. The quantitative estimate of drug-likeness (QED) is 0.669. The van der Waals surface area contributed by atoms with Crippen molar-refractivity contribution in [1.82, 2.24) is 0 Å². The lowest BCUT2D eigenvalue weighted by Gasteiger charge is -2.22. The Morgan fingerprint density at radius 3 is 2.46 bits per heavy atom. The van der Waals surface area contributed by atoms with Gasteiger partial charge in [0.1, 0.15) is 0 Å². The van der Waals surface area contributed by atoms with Crippen LogP contribution in [-0.4, -0.2) is 22.3 Å². The lowest BCUT2D eigenvalue weighted by molar-refractivity contribution is -0.148. The summed E-state index contributed by atoms with van der Waals surface area (Å²) in [6.07, 6.45) is -0.502. The summed E-state index contributed by atoms with van der Waals surface area (Å²) in [5.74, 6) is -1.97. The van der Waals surface area contributed by atoms with Gasteiger partial charge in [0.05, 0.1) is 24.5 Å². The smallest absolute Gasteiger partial charge is 0.309 e. The zero-order valence-electron chi connectivity index (χ0n) is 7.90. The normalized spacial score (nSPS) is 17.1. The standard InChI is InChI=1S/C9H15NO3/c1-3-6(2)8(9(12)13)7(11)4-5-10/h6-8,11H,3-4H2,1-2H3,(H,12,13). The molecule has 0 aromatic rings. The number of rotatable bonds is 5. The van der Waals surface area contributed by atoms with Crippen molar-refractivity contribution in [2.24, 2.45) is 11.8 Å². The molecule has 2 N–H and O–H groups in total. The topological polar surface area (TPSA) is 81.3 Å². The first-order valence-corrected chi connectivity index (χ1v) is 4.32. The molecule has 0 bridgehead atoms. The first kappa shape index (κ1) is 11.9. The Bertz CT molecular complexity index is 209. The van der Waals surface area contributed by atoms with Gasteiger partial charge in [-0.05, 0) is 5.92 Å². The van der Waals surface area contributed by atoms with Crippen molar-refractivity contribution in [2.75, 3.05) is 0 Å². The zero-order chi connectivity index (χ0) is 10.4. The van der Waals surface area contributed by atoms with Gasteiger partial charge in [-0.1, -0.05) is 20.3 Å². The Morgan fingerprint density at radius 2 is 2.15 bits per heavy atom. The van der Waals surface area contributed by atoms with E-state index in [1.807, 2.05) is 6.92 Å². The van der Waals surface area contributed by atoms with E-state index in [0.717, 1.165) is 0 Å². The predicted molar refractivity (Wildman–Crippen MR) is 46.8 cm³/mol. The van der Waals surface area contributed by atoms with Crippen molar-refractivity contribution in [3.8, 4) is 6.07 Å². The van der Waals surface area contributed by atoms with Gasteiger partial charge in [0.25, 0.3) is 0 Å². The number of carboxylic acid groups (broad SMARTS) is 1. The maximum atomic E-state index is 10.7. The van der Waals surface area contributed by atoms with Gasteiger partial charge in [0.2, 0.25) is 0 Å². The van der Waals surface area contributed by atoms with Crippen LogP contribution in [0.4, 0.5) is 0 Å². The molecule has 13 heavy (non-hydrogen) atoms. The summed E-state index contributed by atoms with van der Waals surface area (Å²) in [6, 6.07) is 1.77. The first-order valence-electron chi connectivity index (χ1n) is 4.32. The van der Waals surface area contributed by atoms with Crippen LogP contribution in [-0.2, 0) is 4.79 Å². The molecule has 0 fully saturated rings. The van der Waals surface area contributed by atoms with Crippen molar-refractivity contribution < 1.29 is 15.0 Å². The lowest BCUT2D eigenvalue weighted by atomic mass is 9.86. The molecule has 4 heteroatoms. The summed E-state index contributed by atoms with van der Waals surface area (Å²) in [5, 5.41) is 26.5. The molecule has 0 aliphatic carbocycles. The first-order chi connectivity index (χ1) is 6.04. The van der Waals surface area contributed by atoms with Crippen LogP contribution in [0, 0.1) is 23.2 Å². The van der Waals surface area contributed by atoms with E-state index in [1.54, 1.807) is 13.0 Å². The van der Waals surface area contributed by atoms with Gasteiger partial charge in [0, 0.05) is 0 Å². The average molecular weight is 185 g/mol. The molecule has 0 heterocycles. The summed E-state index contributed by atoms with van der Waals surface area (Å²) < 4.78 is 0. The third-order valence-electron chi connectivity index (χ3n) is 2.26. The van der Waals surface area contributed by atoms with E-state index in [-0.39, 0.29) is 12.3 Å². The highest BCUT2D eigenvalue weighted by molar-refractivity contribution is 5.71. The van der Waals surface area contributed by atoms with Crippen LogP contribution in [0.1, 0.15) is 26.7 Å². The third kappa shape index (κ3) is 3.43. The Balaban J connectivity index is 4.42. The van der Waals surface area contributed by atoms with Crippen LogP contribution < -0.4 is 0 Å². The molecule has 0 saturated heterocycles. The predicted octanol–water partition coefficient (Wildman–Crippen LogP) is 1.01. The molecule has 3 unspecified atom stereocenters.